The van der Waals surface area contributed by atoms with E-state index in [4.69, 9.17) is 0 Å². The van der Waals surface area contributed by atoms with E-state index in [0.29, 0.717) is 16.8 Å². The summed E-state index contributed by atoms with van der Waals surface area (Å²) < 4.78 is 38.7. The minimum Gasteiger partial charge on any atom is -0.322 e. The topological polar surface area (TPSA) is 58.2 Å². The van der Waals surface area contributed by atoms with Crippen molar-refractivity contribution < 1.29 is 22.8 Å². The number of amides is 2. The van der Waals surface area contributed by atoms with Crippen LogP contribution in [0.5, 0.6) is 0 Å². The van der Waals surface area contributed by atoms with Crippen LogP contribution in [0.1, 0.15) is 97.5 Å². The first kappa shape index (κ1) is 36.8. The van der Waals surface area contributed by atoms with Gasteiger partial charge in [-0.05, 0) is 96.0 Å². The van der Waals surface area contributed by atoms with E-state index in [1.165, 1.54) is 18.6 Å². The molecule has 0 atom stereocenters. The molecule has 0 spiro atoms. The molecule has 0 aliphatic carbocycles. The number of alkyl halides is 3. The van der Waals surface area contributed by atoms with E-state index in [2.05, 4.69) is 37.5 Å². The molecular weight excluding hydrogens is 573 g/mol. The lowest BCUT2D eigenvalue weighted by atomic mass is 9.87. The maximum Gasteiger partial charge on any atom is 0.416 e. The highest BCUT2D eigenvalue weighted by atomic mass is 19.4. The van der Waals surface area contributed by atoms with Crippen LogP contribution >= 0.6 is 0 Å². The van der Waals surface area contributed by atoms with Crippen LogP contribution in [0.4, 0.5) is 24.5 Å². The van der Waals surface area contributed by atoms with Gasteiger partial charge in [0.15, 0.2) is 0 Å². The highest BCUT2D eigenvalue weighted by molar-refractivity contribution is 6.05. The van der Waals surface area contributed by atoms with Crippen molar-refractivity contribution in [3.05, 3.63) is 130 Å². The number of benzene rings is 4. The van der Waals surface area contributed by atoms with E-state index in [1.807, 2.05) is 88.4 Å². The van der Waals surface area contributed by atoms with Gasteiger partial charge in [0.1, 0.15) is 0 Å². The van der Waals surface area contributed by atoms with E-state index in [1.54, 1.807) is 6.07 Å². The highest BCUT2D eigenvalue weighted by Gasteiger charge is 2.31. The van der Waals surface area contributed by atoms with Gasteiger partial charge in [0, 0.05) is 22.5 Å². The van der Waals surface area contributed by atoms with Gasteiger partial charge in [-0.3, -0.25) is 9.59 Å². The zero-order valence-electron chi connectivity index (χ0n) is 26.6. The molecule has 2 N–H and O–H groups in total. The van der Waals surface area contributed by atoms with Crippen molar-refractivity contribution in [1.82, 2.24) is 0 Å². The van der Waals surface area contributed by atoms with Crippen LogP contribution in [0.3, 0.4) is 0 Å². The molecule has 0 fully saturated rings. The van der Waals surface area contributed by atoms with Crippen molar-refractivity contribution in [2.75, 3.05) is 10.6 Å². The number of nitrogens with one attached hydrogen (secondary N) is 2. The SMILES string of the molecule is C.Cc1cc(C(=O)Nc2cccc(C(C)(C)C)c2)cc(C(F)(F)F)c1.Cc1cccc(C(=O)Nc2cccc(C(C)(C)C)c2)c1. The van der Waals surface area contributed by atoms with Gasteiger partial charge in [-0.1, -0.05) is 90.9 Å². The fourth-order valence-electron chi connectivity index (χ4n) is 4.40. The molecule has 4 aromatic rings. The summed E-state index contributed by atoms with van der Waals surface area (Å²) in [4.78, 5) is 24.5. The third kappa shape index (κ3) is 10.9. The van der Waals surface area contributed by atoms with Crippen LogP contribution in [0.2, 0.25) is 0 Å². The van der Waals surface area contributed by atoms with E-state index in [-0.39, 0.29) is 29.7 Å². The smallest absolute Gasteiger partial charge is 0.322 e. The van der Waals surface area contributed by atoms with Crippen LogP contribution in [0.25, 0.3) is 0 Å². The monoisotopic (exact) mass is 618 g/mol. The lowest BCUT2D eigenvalue weighted by Crippen LogP contribution is -2.16. The molecule has 4 rings (SSSR count). The summed E-state index contributed by atoms with van der Waals surface area (Å²) in [6.45, 7) is 16.1. The second kappa shape index (κ2) is 14.6. The molecule has 0 saturated carbocycles. The van der Waals surface area contributed by atoms with E-state index in [9.17, 15) is 22.8 Å². The van der Waals surface area contributed by atoms with Crippen molar-refractivity contribution >= 4 is 23.2 Å². The summed E-state index contributed by atoms with van der Waals surface area (Å²) in [7, 11) is 0. The molecule has 0 bridgehead atoms. The molecule has 4 nitrogen and oxygen atoms in total. The summed E-state index contributed by atoms with van der Waals surface area (Å²) in [5.74, 6) is -0.630. The summed E-state index contributed by atoms with van der Waals surface area (Å²) in [5.41, 5.74) is 4.94. The third-order valence-corrected chi connectivity index (χ3v) is 6.92. The Morgan fingerprint density at radius 1 is 0.533 bits per heavy atom. The second-order valence-electron chi connectivity index (χ2n) is 13.0. The first-order valence-electron chi connectivity index (χ1n) is 14.4. The Morgan fingerprint density at radius 3 is 1.42 bits per heavy atom. The fourth-order valence-corrected chi connectivity index (χ4v) is 4.40. The van der Waals surface area contributed by atoms with E-state index in [0.717, 1.165) is 28.9 Å². The van der Waals surface area contributed by atoms with Crippen LogP contribution in [-0.2, 0) is 17.0 Å². The lowest BCUT2D eigenvalue weighted by Gasteiger charge is -2.20. The van der Waals surface area contributed by atoms with Crippen molar-refractivity contribution in [3.63, 3.8) is 0 Å². The largest absolute Gasteiger partial charge is 0.416 e. The van der Waals surface area contributed by atoms with Crippen molar-refractivity contribution in [2.24, 2.45) is 0 Å². The Morgan fingerprint density at radius 2 is 0.978 bits per heavy atom. The molecule has 0 saturated heterocycles. The van der Waals surface area contributed by atoms with Gasteiger partial charge < -0.3 is 10.6 Å². The van der Waals surface area contributed by atoms with E-state index < -0.39 is 17.6 Å². The third-order valence-electron chi connectivity index (χ3n) is 6.92. The Hall–Kier alpha value is -4.39. The average molecular weight is 619 g/mol. The predicted octanol–water partition coefficient (Wildman–Crippen LogP) is 10.7. The first-order chi connectivity index (χ1) is 20.3. The Kier molecular flexibility index (Phi) is 11.9. The summed E-state index contributed by atoms with van der Waals surface area (Å²) in [6.07, 6.45) is -4.48. The van der Waals surface area contributed by atoms with Gasteiger partial charge >= 0.3 is 6.18 Å². The van der Waals surface area contributed by atoms with Gasteiger partial charge in [-0.15, -0.1) is 0 Å². The first-order valence-corrected chi connectivity index (χ1v) is 14.4. The number of carbonyl (C=O) groups excluding carboxylic acids is 2. The maximum absolute atomic E-state index is 12.9. The predicted molar refractivity (Wildman–Crippen MR) is 180 cm³/mol. The minimum absolute atomic E-state index is 0. The minimum atomic E-state index is -4.48. The molecule has 0 aliphatic heterocycles. The lowest BCUT2D eigenvalue weighted by molar-refractivity contribution is -0.137. The number of halogens is 3. The molecule has 45 heavy (non-hydrogen) atoms. The van der Waals surface area contributed by atoms with Crippen LogP contribution in [-0.4, -0.2) is 11.8 Å². The quantitative estimate of drug-likeness (QED) is 0.239. The zero-order valence-corrected chi connectivity index (χ0v) is 26.6. The van der Waals surface area contributed by atoms with E-state index >= 15 is 0 Å². The molecule has 240 valence electrons. The fraction of sp³-hybridized carbons (Fsp3) is 0.316. The van der Waals surface area contributed by atoms with Gasteiger partial charge in [-0.25, -0.2) is 0 Å². The van der Waals surface area contributed by atoms with Crippen molar-refractivity contribution in [3.8, 4) is 0 Å². The Balaban J connectivity index is 0.000000311. The van der Waals surface area contributed by atoms with Gasteiger partial charge in [0.2, 0.25) is 0 Å². The summed E-state index contributed by atoms with van der Waals surface area (Å²) in [6, 6.07) is 26.3. The van der Waals surface area contributed by atoms with Crippen molar-refractivity contribution in [1.29, 1.82) is 0 Å². The molecule has 2 amide bonds. The number of hydrogen-bond acceptors (Lipinski definition) is 2. The van der Waals surface area contributed by atoms with Crippen molar-refractivity contribution in [2.45, 2.75) is 79.8 Å². The second-order valence-corrected chi connectivity index (χ2v) is 13.0. The number of rotatable bonds is 4. The molecule has 7 heteroatoms. The number of hydrogen-bond donors (Lipinski definition) is 2. The number of carbonyl (C=O) groups is 2. The Labute approximate surface area is 266 Å². The van der Waals surface area contributed by atoms with Crippen LogP contribution in [0, 0.1) is 13.8 Å². The standard InChI is InChI=1S/C19H20F3NO.C18H21NO.CH4/c1-12-8-13(10-15(9-12)19(20,21)22)17(24)23-16-7-5-6-14(11-16)18(2,3)4;1-13-7-5-8-14(11-13)17(20)19-16-10-6-9-15(12-16)18(2,3)4;/h5-11H,1-4H3,(H,23,24);5-12H,1-4H3,(H,19,20);1H4. The molecule has 0 unspecified atom stereocenters. The Bertz CT molecular complexity index is 1630. The molecular formula is C38H45F3N2O2. The average Bonchev–Trinajstić information content (AvgIpc) is 2.92. The summed E-state index contributed by atoms with van der Waals surface area (Å²) >= 11 is 0. The molecule has 4 aromatic carbocycles. The normalized spacial score (nSPS) is 11.4. The molecule has 0 aliphatic rings. The number of anilines is 2. The molecule has 0 heterocycles. The molecule has 0 aromatic heterocycles. The van der Waals surface area contributed by atoms with Crippen LogP contribution < -0.4 is 10.6 Å². The van der Waals surface area contributed by atoms with Gasteiger partial charge in [0.25, 0.3) is 11.8 Å². The highest BCUT2D eigenvalue weighted by Crippen LogP contribution is 2.31. The van der Waals surface area contributed by atoms with Gasteiger partial charge in [-0.2, -0.15) is 13.2 Å². The van der Waals surface area contributed by atoms with Crippen LogP contribution in [0.15, 0.2) is 91.0 Å². The maximum atomic E-state index is 12.9. The van der Waals surface area contributed by atoms with Gasteiger partial charge in [0.05, 0.1) is 5.56 Å². The number of aryl methyl sites for hydroxylation is 2. The summed E-state index contributed by atoms with van der Waals surface area (Å²) in [5, 5.41) is 5.63. The molecule has 0 radical (unpaired) electrons. The zero-order chi connectivity index (χ0) is 32.9.